The van der Waals surface area contributed by atoms with E-state index in [1.54, 1.807) is 0 Å². The molecule has 1 aliphatic rings. The van der Waals surface area contributed by atoms with Crippen molar-refractivity contribution in [1.29, 1.82) is 0 Å². The summed E-state index contributed by atoms with van der Waals surface area (Å²) in [5.74, 6) is -2.29. The third-order valence-electron chi connectivity index (χ3n) is 4.12. The summed E-state index contributed by atoms with van der Waals surface area (Å²) in [6, 6.07) is 4.39. The largest absolute Gasteiger partial charge is 0.504 e. The minimum Gasteiger partial charge on any atom is -0.504 e. The highest BCUT2D eigenvalue weighted by Crippen LogP contribution is 2.31. The van der Waals surface area contributed by atoms with E-state index >= 15 is 0 Å². The maximum absolute atomic E-state index is 11.9. The Bertz CT molecular complexity index is 700. The van der Waals surface area contributed by atoms with Gasteiger partial charge in [0.15, 0.2) is 23.2 Å². The molecule has 1 aromatic carbocycles. The second-order valence-corrected chi connectivity index (χ2v) is 6.05. The fraction of sp³-hybridized carbons (Fsp3) is 0.412. The monoisotopic (exact) mass is 368 g/mol. The maximum Gasteiger partial charge on any atom is 0.335 e. The third-order valence-corrected chi connectivity index (χ3v) is 4.12. The fourth-order valence-corrected chi connectivity index (χ4v) is 2.73. The van der Waals surface area contributed by atoms with E-state index < -0.39 is 48.7 Å². The second-order valence-electron chi connectivity index (χ2n) is 6.05. The van der Waals surface area contributed by atoms with Crippen LogP contribution in [0.15, 0.2) is 24.3 Å². The molecule has 0 radical (unpaired) electrons. The number of esters is 1. The lowest BCUT2D eigenvalue weighted by Crippen LogP contribution is -2.57. The van der Waals surface area contributed by atoms with E-state index in [-0.39, 0.29) is 11.5 Å². The van der Waals surface area contributed by atoms with E-state index in [0.717, 1.165) is 6.08 Å². The number of hydrogen-bond donors (Lipinski definition) is 5. The van der Waals surface area contributed by atoms with Crippen LogP contribution >= 0.6 is 0 Å². The van der Waals surface area contributed by atoms with Crippen LogP contribution in [0.4, 0.5) is 0 Å². The predicted octanol–water partition coefficient (Wildman–Crippen LogP) is -0.343. The van der Waals surface area contributed by atoms with Gasteiger partial charge >= 0.3 is 11.9 Å². The van der Waals surface area contributed by atoms with Crippen molar-refractivity contribution in [3.63, 3.8) is 0 Å². The van der Waals surface area contributed by atoms with Crippen LogP contribution in [0, 0.1) is 0 Å². The normalized spacial score (nSPS) is 28.7. The number of carboxylic acid groups (broad SMARTS) is 1. The molecular formula is C17H20O9. The topological polar surface area (TPSA) is 154 Å². The van der Waals surface area contributed by atoms with Crippen LogP contribution in [0.5, 0.6) is 11.5 Å². The summed E-state index contributed by atoms with van der Waals surface area (Å²) >= 11 is 0. The molecule has 0 saturated heterocycles. The maximum atomic E-state index is 11.9. The van der Waals surface area contributed by atoms with Gasteiger partial charge in [0.05, 0.1) is 19.3 Å². The molecule has 1 fully saturated rings. The fourth-order valence-electron chi connectivity index (χ4n) is 2.73. The summed E-state index contributed by atoms with van der Waals surface area (Å²) in [5, 5.41) is 48.2. The second kappa shape index (κ2) is 7.73. The standard InChI is InChI=1S/C17H20O9/c1-25-13-6-9(2-4-10(13)18)3-5-14(21)26-15-11(19)7-17(24,16(22)23)8-12(15)20/h2-6,11-12,15,18-20,24H,7-8H2,1H3,(H,22,23)/t11-,12-,15?,17?/m1/s1. The molecule has 9 heteroatoms. The van der Waals surface area contributed by atoms with Crippen molar-refractivity contribution in [1.82, 2.24) is 0 Å². The van der Waals surface area contributed by atoms with Crippen molar-refractivity contribution >= 4 is 18.0 Å². The highest BCUT2D eigenvalue weighted by molar-refractivity contribution is 5.87. The van der Waals surface area contributed by atoms with Gasteiger partial charge in [0.1, 0.15) is 0 Å². The van der Waals surface area contributed by atoms with Gasteiger partial charge < -0.3 is 35.0 Å². The van der Waals surface area contributed by atoms with Crippen molar-refractivity contribution in [3.05, 3.63) is 29.8 Å². The zero-order valence-corrected chi connectivity index (χ0v) is 13.9. The van der Waals surface area contributed by atoms with E-state index in [1.807, 2.05) is 0 Å². The average Bonchev–Trinajstić information content (AvgIpc) is 2.57. The van der Waals surface area contributed by atoms with Crippen LogP contribution < -0.4 is 4.74 Å². The summed E-state index contributed by atoms with van der Waals surface area (Å²) in [5.41, 5.74) is -1.75. The lowest BCUT2D eigenvalue weighted by atomic mass is 9.79. The number of aliphatic hydroxyl groups is 3. The van der Waals surface area contributed by atoms with Crippen molar-refractivity contribution in [2.45, 2.75) is 36.8 Å². The minimum atomic E-state index is -2.28. The highest BCUT2D eigenvalue weighted by Gasteiger charge is 2.50. The molecule has 142 valence electrons. The minimum absolute atomic E-state index is 0.0633. The first-order valence-electron chi connectivity index (χ1n) is 7.74. The Morgan fingerprint density at radius 2 is 1.85 bits per heavy atom. The molecule has 2 atom stereocenters. The Morgan fingerprint density at radius 3 is 2.38 bits per heavy atom. The first-order valence-corrected chi connectivity index (χ1v) is 7.74. The number of benzene rings is 1. The van der Waals surface area contributed by atoms with Gasteiger partial charge in [0.2, 0.25) is 0 Å². The number of carbonyl (C=O) groups is 2. The van der Waals surface area contributed by atoms with E-state index in [1.165, 1.54) is 31.4 Å². The summed E-state index contributed by atoms with van der Waals surface area (Å²) in [6.45, 7) is 0. The van der Waals surface area contributed by atoms with Crippen molar-refractivity contribution in [2.24, 2.45) is 0 Å². The first kappa shape index (κ1) is 19.7. The highest BCUT2D eigenvalue weighted by atomic mass is 16.6. The lowest BCUT2D eigenvalue weighted by molar-refractivity contribution is -0.196. The molecule has 26 heavy (non-hydrogen) atoms. The SMILES string of the molecule is COc1cc(C=CC(=O)OC2[C@H](O)CC(O)(C(=O)O)C[C@H]2O)ccc1O. The number of rotatable bonds is 5. The van der Waals surface area contributed by atoms with E-state index in [9.17, 15) is 30.0 Å². The molecule has 0 aliphatic heterocycles. The predicted molar refractivity (Wildman–Crippen MR) is 87.4 cm³/mol. The smallest absolute Gasteiger partial charge is 0.335 e. The molecule has 5 N–H and O–H groups in total. The summed E-state index contributed by atoms with van der Waals surface area (Å²) in [6.07, 6.45) is -3.16. The van der Waals surface area contributed by atoms with Crippen LogP contribution in [-0.4, -0.2) is 68.5 Å². The number of phenols is 1. The van der Waals surface area contributed by atoms with E-state index in [2.05, 4.69) is 0 Å². The number of hydrogen-bond acceptors (Lipinski definition) is 8. The van der Waals surface area contributed by atoms with Crippen LogP contribution in [0.2, 0.25) is 0 Å². The molecule has 2 rings (SSSR count). The number of ether oxygens (including phenoxy) is 2. The number of carboxylic acids is 1. The molecule has 1 aliphatic carbocycles. The summed E-state index contributed by atoms with van der Waals surface area (Å²) in [4.78, 5) is 22.9. The molecule has 9 nitrogen and oxygen atoms in total. The van der Waals surface area contributed by atoms with Gasteiger partial charge in [-0.25, -0.2) is 9.59 Å². The van der Waals surface area contributed by atoms with Gasteiger partial charge in [0, 0.05) is 18.9 Å². The van der Waals surface area contributed by atoms with Gasteiger partial charge in [-0.2, -0.15) is 0 Å². The molecular weight excluding hydrogens is 348 g/mol. The van der Waals surface area contributed by atoms with Crippen LogP contribution in [0.1, 0.15) is 18.4 Å². The Hall–Kier alpha value is -2.62. The van der Waals surface area contributed by atoms with Gasteiger partial charge in [-0.15, -0.1) is 0 Å². The molecule has 0 heterocycles. The van der Waals surface area contributed by atoms with Crippen molar-refractivity contribution in [2.75, 3.05) is 7.11 Å². The Kier molecular flexibility index (Phi) is 5.86. The molecule has 1 aromatic rings. The number of phenolic OH excluding ortho intramolecular Hbond substituents is 1. The molecule has 0 aromatic heterocycles. The Balaban J connectivity index is 2.02. The number of carbonyl (C=O) groups excluding carboxylic acids is 1. The van der Waals surface area contributed by atoms with E-state index in [4.69, 9.17) is 14.6 Å². The van der Waals surface area contributed by atoms with Gasteiger partial charge in [0.25, 0.3) is 0 Å². The molecule has 0 spiro atoms. The third kappa shape index (κ3) is 4.31. The summed E-state index contributed by atoms with van der Waals surface area (Å²) < 4.78 is 9.92. The van der Waals surface area contributed by atoms with Gasteiger partial charge in [-0.1, -0.05) is 6.07 Å². The van der Waals surface area contributed by atoms with Crippen molar-refractivity contribution in [3.8, 4) is 11.5 Å². The van der Waals surface area contributed by atoms with Crippen LogP contribution in [0.3, 0.4) is 0 Å². The van der Waals surface area contributed by atoms with Crippen LogP contribution in [0.25, 0.3) is 6.08 Å². The molecule has 1 saturated carbocycles. The number of aromatic hydroxyl groups is 1. The first-order chi connectivity index (χ1) is 12.2. The number of methoxy groups -OCH3 is 1. The molecule has 0 amide bonds. The van der Waals surface area contributed by atoms with Gasteiger partial charge in [-0.05, 0) is 23.8 Å². The quantitative estimate of drug-likeness (QED) is 0.347. The average molecular weight is 368 g/mol. The van der Waals surface area contributed by atoms with Gasteiger partial charge in [-0.3, -0.25) is 0 Å². The number of aliphatic hydroxyl groups excluding tert-OH is 2. The van der Waals surface area contributed by atoms with E-state index in [0.29, 0.717) is 5.56 Å². The zero-order valence-electron chi connectivity index (χ0n) is 13.9. The lowest BCUT2D eigenvalue weighted by Gasteiger charge is -2.39. The van der Waals surface area contributed by atoms with Crippen molar-refractivity contribution < 1.29 is 44.6 Å². The summed E-state index contributed by atoms with van der Waals surface area (Å²) in [7, 11) is 1.38. The molecule has 0 unspecified atom stereocenters. The zero-order chi connectivity index (χ0) is 19.5. The number of aliphatic carboxylic acids is 1. The Labute approximate surface area is 148 Å². The van der Waals surface area contributed by atoms with Crippen LogP contribution in [-0.2, 0) is 14.3 Å². The molecule has 0 bridgehead atoms. The Morgan fingerprint density at radius 1 is 1.23 bits per heavy atom.